The van der Waals surface area contributed by atoms with E-state index in [1.807, 2.05) is 4.90 Å². The highest BCUT2D eigenvalue weighted by atomic mass is 16.2. The minimum Gasteiger partial charge on any atom is -0.338 e. The van der Waals surface area contributed by atoms with Crippen molar-refractivity contribution in [1.29, 1.82) is 0 Å². The molecular formula is C14H19NO. The van der Waals surface area contributed by atoms with E-state index >= 15 is 0 Å². The number of carbonyl (C=O) groups excluding carboxylic acids is 1. The van der Waals surface area contributed by atoms with Crippen LogP contribution >= 0.6 is 0 Å². The van der Waals surface area contributed by atoms with E-state index in [0.29, 0.717) is 5.92 Å². The number of benzene rings is 1. The first kappa shape index (κ1) is 11.2. The monoisotopic (exact) mass is 217 g/mol. The van der Waals surface area contributed by atoms with Gasteiger partial charge in [-0.2, -0.15) is 0 Å². The molecule has 2 rings (SSSR count). The van der Waals surface area contributed by atoms with Crippen molar-refractivity contribution in [2.45, 2.75) is 39.7 Å². The van der Waals surface area contributed by atoms with Crippen molar-refractivity contribution in [3.8, 4) is 0 Å². The standard InChI is InChI=1S/C14H19NO/c1-10(2)13-6-4-5-12-7-8-15(11(3)16)9-14(12)13/h4-6,10H,7-9H2,1-3H3. The Labute approximate surface area is 97.3 Å². The average molecular weight is 217 g/mol. The third kappa shape index (κ3) is 1.97. The summed E-state index contributed by atoms with van der Waals surface area (Å²) in [7, 11) is 0. The van der Waals surface area contributed by atoms with E-state index in [1.165, 1.54) is 16.7 Å². The van der Waals surface area contributed by atoms with Gasteiger partial charge in [0.05, 0.1) is 0 Å². The maximum atomic E-state index is 11.4. The molecule has 2 heteroatoms. The zero-order chi connectivity index (χ0) is 11.7. The van der Waals surface area contributed by atoms with E-state index in [2.05, 4.69) is 32.0 Å². The van der Waals surface area contributed by atoms with Gasteiger partial charge in [0, 0.05) is 20.0 Å². The van der Waals surface area contributed by atoms with Crippen LogP contribution in [0, 0.1) is 0 Å². The highest BCUT2D eigenvalue weighted by Gasteiger charge is 2.20. The fourth-order valence-electron chi connectivity index (χ4n) is 2.42. The average Bonchev–Trinajstić information content (AvgIpc) is 2.27. The van der Waals surface area contributed by atoms with Crippen molar-refractivity contribution in [2.24, 2.45) is 0 Å². The molecule has 1 aliphatic heterocycles. The second-order valence-corrected chi connectivity index (χ2v) is 4.83. The van der Waals surface area contributed by atoms with Crippen molar-refractivity contribution in [2.75, 3.05) is 6.54 Å². The quantitative estimate of drug-likeness (QED) is 0.708. The van der Waals surface area contributed by atoms with E-state index in [0.717, 1.165) is 19.5 Å². The summed E-state index contributed by atoms with van der Waals surface area (Å²) in [6.45, 7) is 7.73. The Morgan fingerprint density at radius 1 is 1.38 bits per heavy atom. The number of fused-ring (bicyclic) bond motifs is 1. The minimum absolute atomic E-state index is 0.184. The summed E-state index contributed by atoms with van der Waals surface area (Å²) in [4.78, 5) is 13.4. The molecule has 0 aliphatic carbocycles. The number of nitrogens with zero attached hydrogens (tertiary/aromatic N) is 1. The molecule has 1 aromatic rings. The molecule has 0 aromatic heterocycles. The molecule has 1 aliphatic rings. The minimum atomic E-state index is 0.184. The molecule has 0 saturated heterocycles. The van der Waals surface area contributed by atoms with Crippen molar-refractivity contribution >= 4 is 5.91 Å². The molecule has 0 spiro atoms. The summed E-state index contributed by atoms with van der Waals surface area (Å²) in [5.41, 5.74) is 4.19. The Kier molecular flexibility index (Phi) is 2.99. The molecule has 0 N–H and O–H groups in total. The lowest BCUT2D eigenvalue weighted by molar-refractivity contribution is -0.129. The molecule has 0 atom stereocenters. The zero-order valence-electron chi connectivity index (χ0n) is 10.3. The van der Waals surface area contributed by atoms with Gasteiger partial charge in [0.2, 0.25) is 5.91 Å². The molecule has 0 radical (unpaired) electrons. The highest BCUT2D eigenvalue weighted by Crippen LogP contribution is 2.27. The van der Waals surface area contributed by atoms with Crippen LogP contribution in [0.2, 0.25) is 0 Å². The Morgan fingerprint density at radius 2 is 2.12 bits per heavy atom. The van der Waals surface area contributed by atoms with Gasteiger partial charge in [-0.15, -0.1) is 0 Å². The zero-order valence-corrected chi connectivity index (χ0v) is 10.3. The molecular weight excluding hydrogens is 198 g/mol. The molecule has 0 unspecified atom stereocenters. The van der Waals surface area contributed by atoms with Crippen LogP contribution in [0.3, 0.4) is 0 Å². The van der Waals surface area contributed by atoms with Crippen molar-refractivity contribution in [3.05, 3.63) is 34.9 Å². The van der Waals surface area contributed by atoms with Gasteiger partial charge in [-0.05, 0) is 29.0 Å². The van der Waals surface area contributed by atoms with Crippen LogP contribution in [-0.2, 0) is 17.8 Å². The van der Waals surface area contributed by atoms with Crippen molar-refractivity contribution in [1.82, 2.24) is 4.90 Å². The van der Waals surface area contributed by atoms with Gasteiger partial charge in [-0.1, -0.05) is 32.0 Å². The number of carbonyl (C=O) groups is 1. The lowest BCUT2D eigenvalue weighted by Gasteiger charge is -2.30. The largest absolute Gasteiger partial charge is 0.338 e. The number of hydrogen-bond donors (Lipinski definition) is 0. The lowest BCUT2D eigenvalue weighted by Crippen LogP contribution is -2.34. The first-order valence-corrected chi connectivity index (χ1v) is 5.95. The first-order valence-electron chi connectivity index (χ1n) is 5.95. The van der Waals surface area contributed by atoms with E-state index in [4.69, 9.17) is 0 Å². The van der Waals surface area contributed by atoms with E-state index in [1.54, 1.807) is 6.92 Å². The second kappa shape index (κ2) is 4.28. The highest BCUT2D eigenvalue weighted by molar-refractivity contribution is 5.73. The number of rotatable bonds is 1. The fourth-order valence-corrected chi connectivity index (χ4v) is 2.42. The molecule has 86 valence electrons. The van der Waals surface area contributed by atoms with Crippen LogP contribution < -0.4 is 0 Å². The fraction of sp³-hybridized carbons (Fsp3) is 0.500. The smallest absolute Gasteiger partial charge is 0.219 e. The molecule has 2 nitrogen and oxygen atoms in total. The van der Waals surface area contributed by atoms with Gasteiger partial charge in [-0.3, -0.25) is 4.79 Å². The lowest BCUT2D eigenvalue weighted by atomic mass is 9.89. The second-order valence-electron chi connectivity index (χ2n) is 4.83. The summed E-state index contributed by atoms with van der Waals surface area (Å²) < 4.78 is 0. The third-order valence-corrected chi connectivity index (χ3v) is 3.38. The maximum absolute atomic E-state index is 11.4. The van der Waals surface area contributed by atoms with E-state index in [9.17, 15) is 4.79 Å². The Morgan fingerprint density at radius 3 is 2.75 bits per heavy atom. The molecule has 16 heavy (non-hydrogen) atoms. The molecule has 0 bridgehead atoms. The van der Waals surface area contributed by atoms with Gasteiger partial charge in [0.1, 0.15) is 0 Å². The van der Waals surface area contributed by atoms with E-state index < -0.39 is 0 Å². The van der Waals surface area contributed by atoms with Gasteiger partial charge in [0.25, 0.3) is 0 Å². The molecule has 0 saturated carbocycles. The summed E-state index contributed by atoms with van der Waals surface area (Å²) in [5.74, 6) is 0.714. The summed E-state index contributed by atoms with van der Waals surface area (Å²) in [6.07, 6.45) is 0.996. The van der Waals surface area contributed by atoms with E-state index in [-0.39, 0.29) is 5.91 Å². The molecule has 1 amide bonds. The van der Waals surface area contributed by atoms with Crippen LogP contribution in [-0.4, -0.2) is 17.4 Å². The van der Waals surface area contributed by atoms with Crippen molar-refractivity contribution < 1.29 is 4.79 Å². The van der Waals surface area contributed by atoms with Gasteiger partial charge >= 0.3 is 0 Å². The normalized spacial score (nSPS) is 15.1. The number of amides is 1. The van der Waals surface area contributed by atoms with Crippen molar-refractivity contribution in [3.63, 3.8) is 0 Å². The summed E-state index contributed by atoms with van der Waals surface area (Å²) in [5, 5.41) is 0. The van der Waals surface area contributed by atoms with Crippen LogP contribution in [0.5, 0.6) is 0 Å². The topological polar surface area (TPSA) is 20.3 Å². The SMILES string of the molecule is CC(=O)N1CCc2cccc(C(C)C)c2C1. The third-order valence-electron chi connectivity index (χ3n) is 3.38. The predicted molar refractivity (Wildman–Crippen MR) is 65.3 cm³/mol. The van der Waals surface area contributed by atoms with Crippen LogP contribution in [0.1, 0.15) is 43.4 Å². The van der Waals surface area contributed by atoms with Crippen LogP contribution in [0.25, 0.3) is 0 Å². The Balaban J connectivity index is 2.38. The Hall–Kier alpha value is -1.31. The molecule has 1 heterocycles. The summed E-state index contributed by atoms with van der Waals surface area (Å²) in [6, 6.07) is 6.52. The maximum Gasteiger partial charge on any atom is 0.219 e. The van der Waals surface area contributed by atoms with Gasteiger partial charge in [0.15, 0.2) is 0 Å². The molecule has 0 fully saturated rings. The predicted octanol–water partition coefficient (Wildman–Crippen LogP) is 2.71. The van der Waals surface area contributed by atoms with Crippen LogP contribution in [0.4, 0.5) is 0 Å². The first-order chi connectivity index (χ1) is 7.59. The van der Waals surface area contributed by atoms with Gasteiger partial charge in [-0.25, -0.2) is 0 Å². The van der Waals surface area contributed by atoms with Gasteiger partial charge < -0.3 is 4.90 Å². The number of hydrogen-bond acceptors (Lipinski definition) is 1. The summed E-state index contributed by atoms with van der Waals surface area (Å²) >= 11 is 0. The molecule has 1 aromatic carbocycles. The Bertz CT molecular complexity index is 409. The van der Waals surface area contributed by atoms with Crippen LogP contribution in [0.15, 0.2) is 18.2 Å².